The molecule has 2 atom stereocenters. The van der Waals surface area contributed by atoms with E-state index in [0.717, 1.165) is 25.5 Å². The molecule has 1 aliphatic rings. The van der Waals surface area contributed by atoms with Gasteiger partial charge in [0.15, 0.2) is 0 Å². The van der Waals surface area contributed by atoms with E-state index in [0.29, 0.717) is 24.4 Å². The minimum atomic E-state index is -0.151. The highest BCUT2D eigenvalue weighted by molar-refractivity contribution is 5.68. The van der Waals surface area contributed by atoms with Crippen molar-refractivity contribution in [2.45, 2.75) is 65.7 Å². The van der Waals surface area contributed by atoms with Gasteiger partial charge in [0.1, 0.15) is 6.29 Å². The van der Waals surface area contributed by atoms with Crippen LogP contribution >= 0.6 is 0 Å². The molecule has 0 spiro atoms. The van der Waals surface area contributed by atoms with E-state index in [9.17, 15) is 9.59 Å². The summed E-state index contributed by atoms with van der Waals surface area (Å²) in [6.45, 7) is 6.84. The highest BCUT2D eigenvalue weighted by atomic mass is 16.5. The second-order valence-electron chi connectivity index (χ2n) is 6.54. The first-order valence-electron chi connectivity index (χ1n) is 7.59. The largest absolute Gasteiger partial charge is 0.466 e. The normalized spacial score (nSPS) is 23.6. The molecule has 0 bridgehead atoms. The summed E-state index contributed by atoms with van der Waals surface area (Å²) in [4.78, 5) is 22.3. The maximum absolute atomic E-state index is 11.3. The van der Waals surface area contributed by atoms with Gasteiger partial charge in [0.05, 0.1) is 6.61 Å². The molecule has 0 aliphatic heterocycles. The molecule has 0 amide bonds. The van der Waals surface area contributed by atoms with Crippen LogP contribution in [0.4, 0.5) is 0 Å². The van der Waals surface area contributed by atoms with Crippen molar-refractivity contribution < 1.29 is 14.3 Å². The van der Waals surface area contributed by atoms with Crippen LogP contribution in [-0.4, -0.2) is 18.9 Å². The van der Waals surface area contributed by atoms with Crippen LogP contribution in [0.3, 0.4) is 0 Å². The van der Waals surface area contributed by atoms with Crippen molar-refractivity contribution in [1.29, 1.82) is 0 Å². The average Bonchev–Trinajstić information content (AvgIpc) is 2.37. The lowest BCUT2D eigenvalue weighted by molar-refractivity contribution is -0.143. The van der Waals surface area contributed by atoms with Gasteiger partial charge in [0.25, 0.3) is 0 Å². The fourth-order valence-electron chi connectivity index (χ4n) is 3.14. The molecule has 0 saturated heterocycles. The van der Waals surface area contributed by atoms with E-state index in [1.54, 1.807) is 6.92 Å². The van der Waals surface area contributed by atoms with E-state index in [-0.39, 0.29) is 11.9 Å². The standard InChI is InChI=1S/C16H28O3/c1-4-15(18)19-10-6-8-14(12-17)13-7-5-9-16(2,3)11-13/h12-14H,4-11H2,1-3H3. The number of aldehydes is 1. The van der Waals surface area contributed by atoms with Crippen LogP contribution in [0.25, 0.3) is 0 Å². The monoisotopic (exact) mass is 268 g/mol. The summed E-state index contributed by atoms with van der Waals surface area (Å²) in [7, 11) is 0. The van der Waals surface area contributed by atoms with Crippen LogP contribution in [-0.2, 0) is 14.3 Å². The van der Waals surface area contributed by atoms with Gasteiger partial charge in [-0.2, -0.15) is 0 Å². The molecule has 19 heavy (non-hydrogen) atoms. The second-order valence-corrected chi connectivity index (χ2v) is 6.54. The zero-order valence-corrected chi connectivity index (χ0v) is 12.6. The molecule has 110 valence electrons. The highest BCUT2D eigenvalue weighted by Gasteiger charge is 2.32. The molecule has 0 N–H and O–H groups in total. The lowest BCUT2D eigenvalue weighted by Crippen LogP contribution is -2.28. The van der Waals surface area contributed by atoms with Crippen molar-refractivity contribution in [3.63, 3.8) is 0 Å². The Morgan fingerprint density at radius 3 is 2.79 bits per heavy atom. The third kappa shape index (κ3) is 5.75. The first-order valence-corrected chi connectivity index (χ1v) is 7.59. The van der Waals surface area contributed by atoms with Crippen LogP contribution in [0.15, 0.2) is 0 Å². The molecular formula is C16H28O3. The first kappa shape index (κ1) is 16.2. The molecule has 1 rings (SSSR count). The lowest BCUT2D eigenvalue weighted by Gasteiger charge is -2.37. The maximum Gasteiger partial charge on any atom is 0.305 e. The maximum atomic E-state index is 11.3. The molecule has 0 radical (unpaired) electrons. The van der Waals surface area contributed by atoms with E-state index < -0.39 is 0 Å². The minimum Gasteiger partial charge on any atom is -0.466 e. The zero-order valence-electron chi connectivity index (χ0n) is 12.6. The number of carbonyl (C=O) groups is 2. The molecule has 0 aromatic heterocycles. The fourth-order valence-corrected chi connectivity index (χ4v) is 3.14. The van der Waals surface area contributed by atoms with E-state index in [1.807, 2.05) is 0 Å². The van der Waals surface area contributed by atoms with Gasteiger partial charge in [0, 0.05) is 12.3 Å². The molecule has 1 saturated carbocycles. The summed E-state index contributed by atoms with van der Waals surface area (Å²) < 4.78 is 5.06. The minimum absolute atomic E-state index is 0.139. The Morgan fingerprint density at radius 1 is 1.47 bits per heavy atom. The Balaban J connectivity index is 2.32. The Bertz CT molecular complexity index is 296. The van der Waals surface area contributed by atoms with Gasteiger partial charge in [-0.15, -0.1) is 0 Å². The summed E-state index contributed by atoms with van der Waals surface area (Å²) in [5.74, 6) is 0.504. The summed E-state index contributed by atoms with van der Waals surface area (Å²) in [5, 5.41) is 0. The fraction of sp³-hybridized carbons (Fsp3) is 0.875. The molecule has 0 heterocycles. The molecule has 1 fully saturated rings. The Morgan fingerprint density at radius 2 is 2.21 bits per heavy atom. The Kier molecular flexibility index (Phi) is 6.53. The third-order valence-corrected chi connectivity index (χ3v) is 4.26. The highest BCUT2D eigenvalue weighted by Crippen LogP contribution is 2.42. The van der Waals surface area contributed by atoms with Crippen LogP contribution in [0.1, 0.15) is 65.7 Å². The summed E-state index contributed by atoms with van der Waals surface area (Å²) in [6, 6.07) is 0. The Hall–Kier alpha value is -0.860. The molecule has 0 aromatic carbocycles. The van der Waals surface area contributed by atoms with Gasteiger partial charge in [-0.1, -0.05) is 27.2 Å². The van der Waals surface area contributed by atoms with Crippen LogP contribution < -0.4 is 0 Å². The van der Waals surface area contributed by atoms with E-state index in [2.05, 4.69) is 13.8 Å². The predicted molar refractivity (Wildman–Crippen MR) is 75.8 cm³/mol. The smallest absolute Gasteiger partial charge is 0.305 e. The number of carbonyl (C=O) groups excluding carboxylic acids is 2. The van der Waals surface area contributed by atoms with Crippen molar-refractivity contribution in [3.05, 3.63) is 0 Å². The van der Waals surface area contributed by atoms with Crippen LogP contribution in [0.5, 0.6) is 0 Å². The summed E-state index contributed by atoms with van der Waals surface area (Å²) in [6.07, 6.45) is 8.00. The molecule has 0 aromatic rings. The first-order chi connectivity index (χ1) is 8.98. The van der Waals surface area contributed by atoms with Gasteiger partial charge in [-0.25, -0.2) is 0 Å². The predicted octanol–water partition coefficient (Wildman–Crippen LogP) is 3.75. The topological polar surface area (TPSA) is 43.4 Å². The third-order valence-electron chi connectivity index (χ3n) is 4.26. The van der Waals surface area contributed by atoms with Crippen molar-refractivity contribution in [2.75, 3.05) is 6.61 Å². The van der Waals surface area contributed by atoms with Crippen molar-refractivity contribution in [2.24, 2.45) is 17.3 Å². The summed E-state index contributed by atoms with van der Waals surface area (Å²) in [5.41, 5.74) is 0.374. The van der Waals surface area contributed by atoms with E-state index in [4.69, 9.17) is 4.74 Å². The second kappa shape index (κ2) is 7.66. The van der Waals surface area contributed by atoms with E-state index in [1.165, 1.54) is 19.3 Å². The molecule has 1 aliphatic carbocycles. The number of ether oxygens (including phenoxy) is 1. The quantitative estimate of drug-likeness (QED) is 0.401. The van der Waals surface area contributed by atoms with Crippen molar-refractivity contribution in [3.8, 4) is 0 Å². The van der Waals surface area contributed by atoms with Crippen LogP contribution in [0.2, 0.25) is 0 Å². The summed E-state index contributed by atoms with van der Waals surface area (Å²) >= 11 is 0. The van der Waals surface area contributed by atoms with Gasteiger partial charge >= 0.3 is 5.97 Å². The van der Waals surface area contributed by atoms with Crippen LogP contribution in [0, 0.1) is 17.3 Å². The van der Waals surface area contributed by atoms with Crippen molar-refractivity contribution in [1.82, 2.24) is 0 Å². The zero-order chi connectivity index (χ0) is 14.3. The number of rotatable bonds is 7. The van der Waals surface area contributed by atoms with Gasteiger partial charge < -0.3 is 9.53 Å². The van der Waals surface area contributed by atoms with Gasteiger partial charge in [-0.05, 0) is 43.4 Å². The number of hydrogen-bond acceptors (Lipinski definition) is 3. The lowest BCUT2D eigenvalue weighted by atomic mass is 9.68. The van der Waals surface area contributed by atoms with Crippen molar-refractivity contribution >= 4 is 12.3 Å². The molecular weight excluding hydrogens is 240 g/mol. The molecule has 3 heteroatoms. The molecule has 2 unspecified atom stereocenters. The number of esters is 1. The number of hydrogen-bond donors (Lipinski definition) is 0. The van der Waals surface area contributed by atoms with Gasteiger partial charge in [0.2, 0.25) is 0 Å². The molecule has 3 nitrogen and oxygen atoms in total. The average molecular weight is 268 g/mol. The Labute approximate surface area is 117 Å². The van der Waals surface area contributed by atoms with Gasteiger partial charge in [-0.3, -0.25) is 4.79 Å². The SMILES string of the molecule is CCC(=O)OCCCC(C=O)C1CCCC(C)(C)C1. The van der Waals surface area contributed by atoms with E-state index >= 15 is 0 Å².